The Morgan fingerprint density at radius 2 is 1.81 bits per heavy atom. The van der Waals surface area contributed by atoms with Crippen molar-refractivity contribution in [2.75, 3.05) is 0 Å². The summed E-state index contributed by atoms with van der Waals surface area (Å²) in [6.45, 7) is 2.14. The van der Waals surface area contributed by atoms with Crippen LogP contribution in [0.5, 0.6) is 0 Å². The van der Waals surface area contributed by atoms with E-state index in [1.165, 1.54) is 6.20 Å². The number of aliphatic imine (C=N–C) groups is 1. The zero-order valence-electron chi connectivity index (χ0n) is 17.4. The van der Waals surface area contributed by atoms with Gasteiger partial charge in [-0.3, -0.25) is 9.79 Å². The molecule has 0 fully saturated rings. The number of hydrogen-bond donors (Lipinski definition) is 3. The minimum atomic E-state index is -4.58. The Kier molecular flexibility index (Phi) is 6.50. The minimum Gasteiger partial charge on any atom is -0.278 e. The van der Waals surface area contributed by atoms with Gasteiger partial charge in [-0.15, -0.1) is 10.2 Å². The van der Waals surface area contributed by atoms with Gasteiger partial charge in [0.05, 0.1) is 0 Å². The second-order valence-electron chi connectivity index (χ2n) is 7.56. The van der Waals surface area contributed by atoms with E-state index in [0.29, 0.717) is 22.7 Å². The fourth-order valence-electron chi connectivity index (χ4n) is 3.80. The summed E-state index contributed by atoms with van der Waals surface area (Å²) in [5, 5.41) is 14.3. The van der Waals surface area contributed by atoms with Crippen molar-refractivity contribution in [3.8, 4) is 22.5 Å². The number of halogens is 1. The molecule has 166 valence electrons. The lowest BCUT2D eigenvalue weighted by atomic mass is 9.98. The van der Waals surface area contributed by atoms with Crippen LogP contribution in [0.3, 0.4) is 0 Å². The topological polar surface area (TPSA) is 124 Å². The second kappa shape index (κ2) is 9.17. The van der Waals surface area contributed by atoms with Crippen LogP contribution in [0.2, 0.25) is 0 Å². The van der Waals surface area contributed by atoms with Gasteiger partial charge in [-0.25, -0.2) is 4.57 Å². The molecule has 4 rings (SSSR count). The first-order chi connectivity index (χ1) is 15.3. The first-order valence-corrected chi connectivity index (χ1v) is 12.5. The number of tetrazole rings is 1. The van der Waals surface area contributed by atoms with Crippen LogP contribution < -0.4 is 0 Å². The highest BCUT2D eigenvalue weighted by molar-refractivity contribution is 9.11. The van der Waals surface area contributed by atoms with E-state index in [1.54, 1.807) is 0 Å². The quantitative estimate of drug-likeness (QED) is 0.292. The lowest BCUT2D eigenvalue weighted by Crippen LogP contribution is -2.42. The van der Waals surface area contributed by atoms with Crippen molar-refractivity contribution >= 4 is 29.5 Å². The third-order valence-electron chi connectivity index (χ3n) is 5.42. The third kappa shape index (κ3) is 4.37. The zero-order chi connectivity index (χ0) is 22.8. The average Bonchev–Trinajstić information content (AvgIpc) is 3.41. The van der Waals surface area contributed by atoms with E-state index in [2.05, 4.69) is 41.5 Å². The Balaban J connectivity index is 1.67. The summed E-state index contributed by atoms with van der Waals surface area (Å²) < 4.78 is 12.5. The summed E-state index contributed by atoms with van der Waals surface area (Å²) in [5.74, 6) is 0.970. The van der Waals surface area contributed by atoms with Gasteiger partial charge in [0.15, 0.2) is 4.61 Å². The highest BCUT2D eigenvalue weighted by Crippen LogP contribution is 2.54. The van der Waals surface area contributed by atoms with Crippen molar-refractivity contribution in [2.24, 2.45) is 4.99 Å². The summed E-state index contributed by atoms with van der Waals surface area (Å²) in [7, 11) is -4.58. The number of unbranched alkanes of at least 4 members (excludes halogenated alkanes) is 1. The SMILES string of the molecule is CCCCC1=NC(Br)=C[N+]1(Cc1ccc(-c2ccccc2-c2nn[nH]n2)cc1)P(=O)(O)O. The Bertz CT molecular complexity index is 1210. The predicted molar refractivity (Wildman–Crippen MR) is 125 cm³/mol. The number of quaternary nitrogens is 1. The number of aromatic nitrogens is 4. The van der Waals surface area contributed by atoms with Crippen molar-refractivity contribution in [3.05, 3.63) is 64.9 Å². The van der Waals surface area contributed by atoms with Crippen LogP contribution in [0.4, 0.5) is 0 Å². The third-order valence-corrected chi connectivity index (χ3v) is 7.22. The lowest BCUT2D eigenvalue weighted by Gasteiger charge is -2.31. The summed E-state index contributed by atoms with van der Waals surface area (Å²) in [6.07, 6.45) is 3.74. The van der Waals surface area contributed by atoms with E-state index in [-0.39, 0.29) is 6.54 Å². The van der Waals surface area contributed by atoms with E-state index in [0.717, 1.165) is 35.1 Å². The Hall–Kier alpha value is -2.49. The molecule has 1 aliphatic heterocycles. The highest BCUT2D eigenvalue weighted by Gasteiger charge is 2.52. The number of nitrogens with zero attached hydrogens (tertiary/aromatic N) is 5. The molecule has 2 heterocycles. The minimum absolute atomic E-state index is 0.106. The largest absolute Gasteiger partial charge is 0.537 e. The van der Waals surface area contributed by atoms with E-state index < -0.39 is 12.0 Å². The number of aromatic amines is 1. The van der Waals surface area contributed by atoms with Gasteiger partial charge in [0.25, 0.3) is 0 Å². The molecule has 3 N–H and O–H groups in total. The van der Waals surface area contributed by atoms with Gasteiger partial charge in [-0.1, -0.05) is 61.9 Å². The Morgan fingerprint density at radius 3 is 2.44 bits per heavy atom. The van der Waals surface area contributed by atoms with Gasteiger partial charge in [-0.2, -0.15) is 14.5 Å². The summed E-state index contributed by atoms with van der Waals surface area (Å²) in [5.41, 5.74) is 3.51. The zero-order valence-corrected chi connectivity index (χ0v) is 19.9. The van der Waals surface area contributed by atoms with Crippen LogP contribution in [0.25, 0.3) is 22.5 Å². The van der Waals surface area contributed by atoms with Crippen molar-refractivity contribution in [3.63, 3.8) is 0 Å². The molecule has 0 saturated heterocycles. The number of rotatable bonds is 8. The molecule has 0 spiro atoms. The number of amidine groups is 1. The second-order valence-corrected chi connectivity index (χ2v) is 10.1. The number of hydrogen-bond acceptors (Lipinski definition) is 5. The van der Waals surface area contributed by atoms with E-state index >= 15 is 0 Å². The number of H-pyrrole nitrogens is 1. The van der Waals surface area contributed by atoms with E-state index in [4.69, 9.17) is 0 Å². The molecule has 0 saturated carbocycles. The molecular formula is C21H23BrN6O3P+. The molecule has 1 aromatic heterocycles. The summed E-state index contributed by atoms with van der Waals surface area (Å²) in [4.78, 5) is 25.0. The molecule has 11 heteroatoms. The molecule has 1 aliphatic rings. The van der Waals surface area contributed by atoms with E-state index in [9.17, 15) is 14.4 Å². The standard InChI is InChI=1S/C21H22BrN6O3P/c1-2-3-8-20-23-19(22)14-28(20,32(29,30)31)13-15-9-11-16(12-10-15)17-6-4-5-7-18(17)21-24-26-27-25-21/h4-7,9-12,14H,2-3,8,13H2,1H3,(H2-,24,25,26,27,29,30,31)/p+1. The van der Waals surface area contributed by atoms with Crippen molar-refractivity contribution < 1.29 is 18.6 Å². The molecule has 0 bridgehead atoms. The number of nitrogens with one attached hydrogen (secondary N) is 1. The van der Waals surface area contributed by atoms with Crippen molar-refractivity contribution in [1.29, 1.82) is 0 Å². The fourth-order valence-corrected chi connectivity index (χ4v) is 5.57. The molecule has 3 aromatic rings. The fraction of sp³-hybridized carbons (Fsp3) is 0.238. The maximum Gasteiger partial charge on any atom is 0.537 e. The normalized spacial score (nSPS) is 18.5. The maximum absolute atomic E-state index is 12.6. The molecule has 1 atom stereocenters. The van der Waals surface area contributed by atoms with Crippen LogP contribution >= 0.6 is 23.7 Å². The Labute approximate surface area is 193 Å². The monoisotopic (exact) mass is 517 g/mol. The van der Waals surface area contributed by atoms with Crippen LogP contribution in [0.15, 0.2) is 64.3 Å². The Morgan fingerprint density at radius 1 is 1.09 bits per heavy atom. The molecule has 0 aliphatic carbocycles. The summed E-state index contributed by atoms with van der Waals surface area (Å²) >= 11 is 3.32. The van der Waals surface area contributed by atoms with Gasteiger partial charge in [0, 0.05) is 17.5 Å². The summed E-state index contributed by atoms with van der Waals surface area (Å²) in [6, 6.07) is 15.4. The van der Waals surface area contributed by atoms with Crippen LogP contribution in [0, 0.1) is 0 Å². The van der Waals surface area contributed by atoms with Gasteiger partial charge >= 0.3 is 7.75 Å². The van der Waals surface area contributed by atoms with Gasteiger partial charge in [-0.05, 0) is 38.7 Å². The molecule has 0 radical (unpaired) electrons. The lowest BCUT2D eigenvalue weighted by molar-refractivity contribution is -0.686. The molecule has 9 nitrogen and oxygen atoms in total. The highest BCUT2D eigenvalue weighted by atomic mass is 79.9. The van der Waals surface area contributed by atoms with Gasteiger partial charge < -0.3 is 0 Å². The molecular weight excluding hydrogens is 495 g/mol. The first kappa shape index (κ1) is 22.7. The van der Waals surface area contributed by atoms with E-state index in [1.807, 2.05) is 55.5 Å². The molecule has 32 heavy (non-hydrogen) atoms. The van der Waals surface area contributed by atoms with Crippen molar-refractivity contribution in [2.45, 2.75) is 32.7 Å². The molecule has 0 amide bonds. The molecule has 2 aromatic carbocycles. The van der Waals surface area contributed by atoms with Crippen LogP contribution in [-0.2, 0) is 11.1 Å². The van der Waals surface area contributed by atoms with Gasteiger partial charge in [0.1, 0.15) is 12.7 Å². The van der Waals surface area contributed by atoms with Crippen LogP contribution in [-0.4, -0.2) is 40.5 Å². The predicted octanol–water partition coefficient (Wildman–Crippen LogP) is 4.74. The molecule has 1 unspecified atom stereocenters. The smallest absolute Gasteiger partial charge is 0.278 e. The first-order valence-electron chi connectivity index (χ1n) is 10.2. The van der Waals surface area contributed by atoms with Crippen LogP contribution in [0.1, 0.15) is 31.7 Å². The average molecular weight is 518 g/mol. The van der Waals surface area contributed by atoms with Crippen molar-refractivity contribution in [1.82, 2.24) is 20.6 Å². The van der Waals surface area contributed by atoms with Gasteiger partial charge in [0.2, 0.25) is 11.7 Å². The maximum atomic E-state index is 12.6. The number of benzene rings is 2.